The van der Waals surface area contributed by atoms with Gasteiger partial charge in [-0.05, 0) is 316 Å². The quantitative estimate of drug-likeness (QED) is 0.0183. The molecule has 0 radical (unpaired) electrons. The number of thiol groups is 1. The Labute approximate surface area is 927 Å². The maximum atomic E-state index is 11.5. The lowest BCUT2D eigenvalue weighted by Gasteiger charge is -2.16. The number of carbonyl (C=O) groups is 6. The molecule has 1 aliphatic carbocycles. The fourth-order valence-electron chi connectivity index (χ4n) is 13.0. The van der Waals surface area contributed by atoms with Gasteiger partial charge in [0.2, 0.25) is 0 Å². The third-order valence-electron chi connectivity index (χ3n) is 21.0. The number of hydrogen-bond donors (Lipinski definition) is 2. The molecule has 0 saturated heterocycles. The highest BCUT2D eigenvalue weighted by Crippen LogP contribution is 2.46. The van der Waals surface area contributed by atoms with Crippen molar-refractivity contribution in [2.24, 2.45) is 0 Å². The van der Waals surface area contributed by atoms with E-state index in [1.807, 2.05) is 129 Å². The lowest BCUT2D eigenvalue weighted by atomic mass is 10.0. The molecule has 0 atom stereocenters. The van der Waals surface area contributed by atoms with E-state index in [4.69, 9.17) is 131 Å². The number of rotatable bonds is 30. The summed E-state index contributed by atoms with van der Waals surface area (Å²) in [6.45, 7) is 18.7. The van der Waals surface area contributed by atoms with Crippen LogP contribution in [0.3, 0.4) is 0 Å². The minimum Gasteiger partial charge on any atom is -0.493 e. The van der Waals surface area contributed by atoms with Crippen LogP contribution in [0.4, 0.5) is 28.8 Å². The lowest BCUT2D eigenvalue weighted by molar-refractivity contribution is 0.119. The van der Waals surface area contributed by atoms with E-state index < -0.39 is 36.9 Å². The predicted molar refractivity (Wildman–Crippen MR) is 582 cm³/mol. The van der Waals surface area contributed by atoms with Crippen molar-refractivity contribution in [2.75, 3.05) is 49.3 Å². The van der Waals surface area contributed by atoms with E-state index in [1.54, 1.807) is 109 Å². The zero-order valence-corrected chi connectivity index (χ0v) is 96.0. The number of aliphatic hydroxyl groups excluding tert-OH is 1. The Kier molecular flexibility index (Phi) is 49.9. The fourth-order valence-corrected chi connectivity index (χ4v) is 17.7. The number of aliphatic hydroxyl groups is 1. The zero-order valence-electron chi connectivity index (χ0n) is 81.0. The smallest absolute Gasteiger partial charge is 0.493 e. The molecule has 0 unspecified atom stereocenters. The third kappa shape index (κ3) is 36.7. The SMILES string of the molecule is CCOc1cccc(OC(=O)OC)c1COc1cc(Cl)c(C)cc1Br.CCc1cccc(OC(=O)OC)c1COc1cc(Cl)c(C)cc1Br.COC(=O)Oc1cccc(C)c1COc1cc(Cl)c(C)cc1Br.COC(=O)Oc1cccc(C2CC2)c1COc1cc(Cl)c(C)cc1Br.COC(=O)Oc1cccc(CO)c1COc1cc(Cl)c(C)cc1Br.COC(=O)Oc1cccc(CS)c1COc1cc(Cl)c(C)cc1Br. The van der Waals surface area contributed by atoms with Gasteiger partial charge in [-0.25, -0.2) is 28.8 Å². The monoisotopic (exact) mass is 2510 g/mol. The molecule has 1 saturated carbocycles. The second kappa shape index (κ2) is 60.3. The Hall–Kier alpha value is -10.2. The van der Waals surface area contributed by atoms with Crippen LogP contribution in [-0.2, 0) is 86.8 Å². The van der Waals surface area contributed by atoms with Crippen molar-refractivity contribution in [1.82, 2.24) is 0 Å². The molecule has 12 aromatic carbocycles. The second-order valence-electron chi connectivity index (χ2n) is 30.9. The Bertz CT molecular complexity index is 6230. The van der Waals surface area contributed by atoms with Gasteiger partial charge in [0.25, 0.3) is 0 Å². The predicted octanol–water partition coefficient (Wildman–Crippen LogP) is 32.9. The Morgan fingerprint density at radius 2 is 0.524 bits per heavy atom. The molecule has 0 aromatic heterocycles. The maximum Gasteiger partial charge on any atom is 0.513 e. The molecule has 26 nitrogen and oxygen atoms in total. The molecular formula is C106H102Br6Cl6O26S. The van der Waals surface area contributed by atoms with Gasteiger partial charge in [-0.15, -0.1) is 0 Å². The van der Waals surface area contributed by atoms with Gasteiger partial charge < -0.3 is 95.1 Å². The molecule has 13 rings (SSSR count). The molecule has 145 heavy (non-hydrogen) atoms. The first kappa shape index (κ1) is 120. The van der Waals surface area contributed by atoms with Crippen molar-refractivity contribution in [3.63, 3.8) is 0 Å². The summed E-state index contributed by atoms with van der Waals surface area (Å²) in [4.78, 5) is 68.6. The highest BCUT2D eigenvalue weighted by Gasteiger charge is 2.30. The Morgan fingerprint density at radius 1 is 0.290 bits per heavy atom. The maximum absolute atomic E-state index is 11.5. The first-order chi connectivity index (χ1) is 69.2. The van der Waals surface area contributed by atoms with E-state index in [0.717, 1.165) is 124 Å². The van der Waals surface area contributed by atoms with Crippen LogP contribution in [-0.4, -0.2) is 91.3 Å². The molecule has 39 heteroatoms. The second-order valence-corrected chi connectivity index (χ2v) is 38.8. The van der Waals surface area contributed by atoms with Crippen LogP contribution < -0.4 is 61.6 Å². The summed E-state index contributed by atoms with van der Waals surface area (Å²) in [5.41, 5.74) is 14.6. The highest BCUT2D eigenvalue weighted by molar-refractivity contribution is 9.11. The lowest BCUT2D eigenvalue weighted by Crippen LogP contribution is -2.11. The summed E-state index contributed by atoms with van der Waals surface area (Å²) in [6.07, 6.45) is -1.65. The van der Waals surface area contributed by atoms with Crippen molar-refractivity contribution in [3.05, 3.63) is 334 Å². The molecule has 1 N–H and O–H groups in total. The largest absolute Gasteiger partial charge is 0.513 e. The van der Waals surface area contributed by atoms with Crippen molar-refractivity contribution in [2.45, 2.75) is 139 Å². The topological polar surface area (TPSA) is 298 Å². The molecule has 0 aliphatic heterocycles. The summed E-state index contributed by atoms with van der Waals surface area (Å²) in [7, 11) is 7.55. The first-order valence-corrected chi connectivity index (χ1v) is 51.5. The van der Waals surface area contributed by atoms with Gasteiger partial charge in [-0.2, -0.15) is 12.6 Å². The number of methoxy groups -OCH3 is 6. The zero-order chi connectivity index (χ0) is 106. The van der Waals surface area contributed by atoms with Crippen LogP contribution in [0.25, 0.3) is 0 Å². The molecule has 0 amide bonds. The van der Waals surface area contributed by atoms with Crippen LogP contribution in [0.15, 0.2) is 209 Å². The summed E-state index contributed by atoms with van der Waals surface area (Å²) in [6, 6.07) is 53.9. The van der Waals surface area contributed by atoms with Gasteiger partial charge in [0, 0.05) is 100 Å². The minimum absolute atomic E-state index is 0.0844. The summed E-state index contributed by atoms with van der Waals surface area (Å²) in [5.74, 6) is 7.40. The number of ether oxygens (including phenoxy) is 19. The first-order valence-electron chi connectivity index (χ1n) is 43.8. The van der Waals surface area contributed by atoms with Crippen molar-refractivity contribution < 1.29 is 124 Å². The van der Waals surface area contributed by atoms with Crippen LogP contribution in [0.1, 0.15) is 127 Å². The molecule has 772 valence electrons. The summed E-state index contributed by atoms with van der Waals surface area (Å²) >= 11 is 62.0. The average molecular weight is 2520 g/mol. The van der Waals surface area contributed by atoms with E-state index >= 15 is 0 Å². The van der Waals surface area contributed by atoms with Crippen molar-refractivity contribution in [3.8, 4) is 74.7 Å². The van der Waals surface area contributed by atoms with Crippen LogP contribution in [0.5, 0.6) is 74.7 Å². The van der Waals surface area contributed by atoms with Gasteiger partial charge in [-0.1, -0.05) is 143 Å². The van der Waals surface area contributed by atoms with E-state index in [0.29, 0.717) is 134 Å². The molecule has 0 bridgehead atoms. The van der Waals surface area contributed by atoms with Gasteiger partial charge >= 0.3 is 36.9 Å². The van der Waals surface area contributed by atoms with E-state index in [2.05, 4.69) is 143 Å². The average Bonchev–Trinajstić information content (AvgIpc) is 1.66. The van der Waals surface area contributed by atoms with Crippen LogP contribution in [0.2, 0.25) is 30.1 Å². The van der Waals surface area contributed by atoms with Crippen LogP contribution in [0, 0.1) is 48.5 Å². The number of halogens is 12. The molecular weight excluding hydrogens is 2410 g/mol. The molecule has 0 spiro atoms. The fraction of sp³-hybridized carbons (Fsp3) is 0.264. The van der Waals surface area contributed by atoms with Crippen molar-refractivity contribution in [1.29, 1.82) is 0 Å². The Morgan fingerprint density at radius 3 is 0.814 bits per heavy atom. The summed E-state index contributed by atoms with van der Waals surface area (Å²) < 4.78 is 104. The normalized spacial score (nSPS) is 10.9. The van der Waals surface area contributed by atoms with E-state index in [-0.39, 0.29) is 52.0 Å². The highest BCUT2D eigenvalue weighted by atomic mass is 79.9. The van der Waals surface area contributed by atoms with E-state index in [1.165, 1.54) is 42.7 Å². The van der Waals surface area contributed by atoms with Gasteiger partial charge in [-0.3, -0.25) is 0 Å². The molecule has 12 aromatic rings. The number of aryl methyl sites for hydroxylation is 8. The van der Waals surface area contributed by atoms with Gasteiger partial charge in [0.15, 0.2) is 0 Å². The molecule has 0 heterocycles. The summed E-state index contributed by atoms with van der Waals surface area (Å²) in [5, 5.41) is 13.2. The van der Waals surface area contributed by atoms with Gasteiger partial charge in [0.1, 0.15) is 114 Å². The van der Waals surface area contributed by atoms with E-state index in [9.17, 15) is 33.9 Å². The number of carbonyl (C=O) groups excluding carboxylic acids is 6. The van der Waals surface area contributed by atoms with Gasteiger partial charge in [0.05, 0.1) is 88.3 Å². The number of hydrogen-bond acceptors (Lipinski definition) is 27. The minimum atomic E-state index is -0.842. The standard InChI is InChI=1S/C19H18BrClO4.C18H18BrClO5.C18H18BrClO4.C17H16BrClO5.C17H16BrClO4S.C17H16BrClO4/c1-11-8-15(20)18(9-16(11)21)24-10-14-13(12-6-7-12)4-3-5-17(14)25-19(22)23-2;1-4-23-15-6-5-7-16(25-18(21)22-3)12(15)10-24-17-9-14(20)11(2)8-13(17)19;1-4-12-6-5-7-16(24-18(21)22-3)13(12)10-23-17-9-15(20)11(2)8-14(17)19;1-10-6-13(18)16(7-14(10)19)23-9-12-11(8-20)4-3-5-15(12)24-17(21)22-2;1-10-6-13(18)16(7-14(10)19)22-8-12-11(9-24)4-3-5-15(12)23-17(20)21-2;1-10-5-4-6-15(23-17(20)21-3)12(10)9-22-16-8-14(19)11(2)7-13(16)18/h3-5,8-9,12H,6-7,10H2,1-2H3;5-9H,4,10H2,1-3H3;5-9H,4,10H2,1-3H3;3-7,20H,8-9H2,1-2H3;3-7,24H,8-9H2,1-2H3;4-8H,9H2,1-3H3. The van der Waals surface area contributed by atoms with Crippen molar-refractivity contribution >= 4 is 215 Å². The van der Waals surface area contributed by atoms with Crippen LogP contribution >= 0.6 is 178 Å². The number of benzene rings is 12. The molecule has 1 fully saturated rings. The molecule has 1 aliphatic rings. The Balaban J connectivity index is 0.000000212. The third-order valence-corrected chi connectivity index (χ3v) is 27.5.